The van der Waals surface area contributed by atoms with E-state index in [1.807, 2.05) is 0 Å². The molecule has 0 atom stereocenters. The van der Waals surface area contributed by atoms with Crippen LogP contribution >= 0.6 is 0 Å². The molecule has 0 unspecified atom stereocenters. The van der Waals surface area contributed by atoms with Crippen LogP contribution in [-0.2, 0) is 0 Å². The number of carbonyl (C=O) groups excluding carboxylic acids is 1. The second kappa shape index (κ2) is 14.4. The highest BCUT2D eigenvalue weighted by atomic mass is 19.1. The molecule has 0 spiro atoms. The van der Waals surface area contributed by atoms with Crippen LogP contribution in [0.4, 0.5) is 24.7 Å². The summed E-state index contributed by atoms with van der Waals surface area (Å²) in [5, 5.41) is 2.44. The van der Waals surface area contributed by atoms with Crippen LogP contribution in [0.5, 0.6) is 5.75 Å². The monoisotopic (exact) mass is 663 g/mol. The maximum Gasteiger partial charge on any atom is 0.261 e. The van der Waals surface area contributed by atoms with Gasteiger partial charge in [0, 0.05) is 57.7 Å². The number of pyridine rings is 2. The van der Waals surface area contributed by atoms with Gasteiger partial charge in [-0.15, -0.1) is 0 Å². The Balaban J connectivity index is 1.13. The molecule has 2 aromatic carbocycles. The first-order valence-electron chi connectivity index (χ1n) is 16.6. The van der Waals surface area contributed by atoms with Crippen LogP contribution in [0.25, 0.3) is 16.7 Å². The van der Waals surface area contributed by atoms with E-state index in [1.165, 1.54) is 92.1 Å². The predicted octanol–water partition coefficient (Wildman–Crippen LogP) is 5.60. The molecule has 4 aromatic rings. The Morgan fingerprint density at radius 3 is 2.29 bits per heavy atom. The van der Waals surface area contributed by atoms with Crippen LogP contribution in [0.15, 0.2) is 59.5 Å². The second-order valence-corrected chi connectivity index (χ2v) is 13.1. The number of nitrogens with one attached hydrogen (secondary N) is 1. The Hall–Kier alpha value is -4.42. The highest BCUT2D eigenvalue weighted by Gasteiger charge is 2.37. The molecule has 0 saturated carbocycles. The number of hydrogen-bond donors (Lipinski definition) is 1. The highest BCUT2D eigenvalue weighted by Crippen LogP contribution is 2.26. The number of fused-ring (bicyclic) bond motifs is 4. The van der Waals surface area contributed by atoms with Crippen molar-refractivity contribution in [2.24, 2.45) is 0 Å². The molecular formula is C36H42F3N6O3+. The normalized spacial score (nSPS) is 18.6. The van der Waals surface area contributed by atoms with Crippen LogP contribution in [0.3, 0.4) is 0 Å². The third-order valence-electron chi connectivity index (χ3n) is 9.56. The summed E-state index contributed by atoms with van der Waals surface area (Å²) in [6.45, 7) is 9.37. The number of aromatic nitrogens is 2. The van der Waals surface area contributed by atoms with E-state index in [0.29, 0.717) is 24.2 Å². The molecule has 2 bridgehead atoms. The zero-order valence-electron chi connectivity index (χ0n) is 27.5. The molecule has 1 amide bonds. The van der Waals surface area contributed by atoms with Crippen molar-refractivity contribution in [1.29, 1.82) is 0 Å². The predicted molar refractivity (Wildman–Crippen MR) is 181 cm³/mol. The minimum atomic E-state index is -0.907. The number of anilines is 2. The number of ether oxygens (including phenoxy) is 1. The van der Waals surface area contributed by atoms with Gasteiger partial charge in [-0.25, -0.2) is 18.2 Å². The molecule has 12 heteroatoms. The summed E-state index contributed by atoms with van der Waals surface area (Å²) in [6.07, 6.45) is 6.72. The summed E-state index contributed by atoms with van der Waals surface area (Å²) in [5.74, 6) is -2.44. The van der Waals surface area contributed by atoms with Crippen molar-refractivity contribution in [2.75, 3.05) is 76.7 Å². The van der Waals surface area contributed by atoms with Gasteiger partial charge in [0.1, 0.15) is 28.8 Å². The van der Waals surface area contributed by atoms with Crippen molar-refractivity contribution in [3.8, 4) is 11.4 Å². The number of halogens is 3. The molecule has 5 heterocycles. The van der Waals surface area contributed by atoms with Crippen molar-refractivity contribution >= 4 is 28.4 Å². The Morgan fingerprint density at radius 1 is 0.917 bits per heavy atom. The molecule has 3 saturated heterocycles. The maximum atomic E-state index is 15.7. The molecule has 3 aliphatic rings. The molecule has 3 aliphatic heterocycles. The van der Waals surface area contributed by atoms with Gasteiger partial charge in [0.2, 0.25) is 5.43 Å². The third kappa shape index (κ3) is 7.50. The summed E-state index contributed by atoms with van der Waals surface area (Å²) in [6, 6.07) is 10.1. The Labute approximate surface area is 278 Å². The van der Waals surface area contributed by atoms with Gasteiger partial charge >= 0.3 is 0 Å². The van der Waals surface area contributed by atoms with Crippen LogP contribution < -0.4 is 20.4 Å². The Kier molecular flexibility index (Phi) is 10.0. The van der Waals surface area contributed by atoms with Gasteiger partial charge in [-0.05, 0) is 55.7 Å². The van der Waals surface area contributed by atoms with E-state index < -0.39 is 28.8 Å². The average Bonchev–Trinajstić information content (AvgIpc) is 3.06. The first kappa shape index (κ1) is 33.5. The number of amides is 1. The van der Waals surface area contributed by atoms with Crippen molar-refractivity contribution in [3.63, 3.8) is 0 Å². The van der Waals surface area contributed by atoms with Gasteiger partial charge in [-0.1, -0.05) is 12.8 Å². The van der Waals surface area contributed by atoms with E-state index >= 15 is 4.39 Å². The number of quaternary nitrogens is 1. The fourth-order valence-electron chi connectivity index (χ4n) is 6.72. The fraction of sp³-hybridized carbons (Fsp3) is 0.417. The molecule has 254 valence electrons. The molecule has 3 fully saturated rings. The molecule has 9 nitrogen and oxygen atoms in total. The summed E-state index contributed by atoms with van der Waals surface area (Å²) >= 11 is 0. The first-order chi connectivity index (χ1) is 23.1. The maximum absolute atomic E-state index is 15.7. The molecule has 0 radical (unpaired) electrons. The first-order valence-corrected chi connectivity index (χ1v) is 16.6. The van der Waals surface area contributed by atoms with Gasteiger partial charge in [0.05, 0.1) is 43.9 Å². The van der Waals surface area contributed by atoms with E-state index in [2.05, 4.69) is 15.2 Å². The van der Waals surface area contributed by atoms with E-state index in [9.17, 15) is 18.4 Å². The van der Waals surface area contributed by atoms with Crippen LogP contribution in [0.2, 0.25) is 0 Å². The lowest BCUT2D eigenvalue weighted by Crippen LogP contribution is -2.67. The van der Waals surface area contributed by atoms with E-state index in [-0.39, 0.29) is 28.0 Å². The van der Waals surface area contributed by atoms with Gasteiger partial charge in [0.25, 0.3) is 5.91 Å². The number of nitrogens with zero attached hydrogens (tertiary/aromatic N) is 5. The number of unbranched alkanes of at least 4 members (excludes halogenated alkanes) is 4. The Bertz CT molecular complexity index is 1820. The van der Waals surface area contributed by atoms with Gasteiger partial charge in [0.15, 0.2) is 11.5 Å². The molecule has 0 aliphatic carbocycles. The van der Waals surface area contributed by atoms with Crippen LogP contribution in [-0.4, -0.2) is 91.4 Å². The number of rotatable bonds is 13. The van der Waals surface area contributed by atoms with E-state index in [1.54, 1.807) is 31.1 Å². The minimum absolute atomic E-state index is 0.0446. The summed E-state index contributed by atoms with van der Waals surface area (Å²) in [7, 11) is 3.56. The lowest BCUT2D eigenvalue weighted by molar-refractivity contribution is -0.941. The van der Waals surface area contributed by atoms with Crippen LogP contribution in [0, 0.1) is 17.5 Å². The third-order valence-corrected chi connectivity index (χ3v) is 9.56. The second-order valence-electron chi connectivity index (χ2n) is 13.1. The summed E-state index contributed by atoms with van der Waals surface area (Å²) in [4.78, 5) is 35.5. The standard InChI is InChI=1S/C36H41F3N6O3/c1-42(2)33-11-9-29-34(46)30(36(47)40-27-21-25(37)20-26(38)22-27)24-44(35(29)41-33)32-10-8-28(23-31(32)39)48-19-7-5-3-4-6-15-45-16-12-43(13-17-45)14-18-45/h8-11,20-24H,3-7,12-19H2,1-2H3/p+1. The Morgan fingerprint density at radius 2 is 1.60 bits per heavy atom. The topological polar surface area (TPSA) is 79.7 Å². The van der Waals surface area contributed by atoms with Crippen LogP contribution in [0.1, 0.15) is 42.5 Å². The fourth-order valence-corrected chi connectivity index (χ4v) is 6.72. The number of benzene rings is 2. The average molecular weight is 664 g/mol. The molecular weight excluding hydrogens is 621 g/mol. The van der Waals surface area contributed by atoms with Crippen molar-refractivity contribution < 1.29 is 27.2 Å². The molecule has 7 rings (SSSR count). The molecule has 1 N–H and O–H groups in total. The number of piperazine rings is 3. The zero-order valence-corrected chi connectivity index (χ0v) is 27.5. The van der Waals surface area contributed by atoms with Gasteiger partial charge in [-0.2, -0.15) is 0 Å². The number of carbonyl (C=O) groups is 1. The van der Waals surface area contributed by atoms with Crippen molar-refractivity contribution in [3.05, 3.63) is 88.0 Å². The summed E-state index contributed by atoms with van der Waals surface area (Å²) in [5.41, 5.74) is -0.996. The number of hydrogen-bond acceptors (Lipinski definition) is 6. The molecule has 2 aromatic heterocycles. The van der Waals surface area contributed by atoms with Gasteiger partial charge in [-0.3, -0.25) is 19.1 Å². The lowest BCUT2D eigenvalue weighted by Gasteiger charge is -2.50. The molecule has 48 heavy (non-hydrogen) atoms. The van der Waals surface area contributed by atoms with Crippen molar-refractivity contribution in [1.82, 2.24) is 14.5 Å². The zero-order chi connectivity index (χ0) is 33.8. The van der Waals surface area contributed by atoms with Gasteiger partial charge < -0.3 is 19.4 Å². The van der Waals surface area contributed by atoms with E-state index in [4.69, 9.17) is 4.74 Å². The lowest BCUT2D eigenvalue weighted by atomic mass is 10.1. The van der Waals surface area contributed by atoms with E-state index in [0.717, 1.165) is 31.4 Å². The van der Waals surface area contributed by atoms with Crippen molar-refractivity contribution in [2.45, 2.75) is 32.1 Å². The largest absolute Gasteiger partial charge is 0.493 e. The SMILES string of the molecule is CN(C)c1ccc2c(=O)c(C(=O)Nc3cc(F)cc(F)c3)cn(-c3ccc(OCCCCCCC[N+]45CCN(CC4)CC5)cc3F)c2n1. The smallest absolute Gasteiger partial charge is 0.261 e. The minimum Gasteiger partial charge on any atom is -0.493 e. The summed E-state index contributed by atoms with van der Waals surface area (Å²) < 4.78 is 51.7. The quantitative estimate of drug-likeness (QED) is 0.148. The highest BCUT2D eigenvalue weighted by molar-refractivity contribution is 6.05.